The maximum atomic E-state index is 13.1. The Morgan fingerprint density at radius 1 is 1.13 bits per heavy atom. The molecular weight excluding hydrogens is 432 g/mol. The van der Waals surface area contributed by atoms with E-state index in [-0.39, 0.29) is 23.6 Å². The molecule has 0 bridgehead atoms. The molecule has 0 aliphatic heterocycles. The summed E-state index contributed by atoms with van der Waals surface area (Å²) in [5.41, 5.74) is 2.01. The zero-order valence-corrected chi connectivity index (χ0v) is 20.1. The highest BCUT2D eigenvalue weighted by Crippen LogP contribution is 2.19. The summed E-state index contributed by atoms with van der Waals surface area (Å²) in [6.07, 6.45) is 0.834. The van der Waals surface area contributed by atoms with Gasteiger partial charge in [-0.25, -0.2) is 0 Å². The smallest absolute Gasteiger partial charge is 0.242 e. The fourth-order valence-corrected chi connectivity index (χ4v) is 4.01. The van der Waals surface area contributed by atoms with Gasteiger partial charge in [0, 0.05) is 23.4 Å². The number of rotatable bonds is 11. The van der Waals surface area contributed by atoms with Crippen molar-refractivity contribution >= 4 is 35.2 Å². The number of thioether (sulfide) groups is 1. The van der Waals surface area contributed by atoms with Crippen LogP contribution in [0.5, 0.6) is 5.75 Å². The van der Waals surface area contributed by atoms with Crippen LogP contribution in [0.2, 0.25) is 5.02 Å². The Morgan fingerprint density at radius 3 is 2.45 bits per heavy atom. The van der Waals surface area contributed by atoms with Crippen LogP contribution in [0, 0.1) is 0 Å². The molecule has 0 heterocycles. The number of carbonyl (C=O) groups is 2. The highest BCUT2D eigenvalue weighted by molar-refractivity contribution is 7.99. The average Bonchev–Trinajstić information content (AvgIpc) is 2.77. The van der Waals surface area contributed by atoms with Gasteiger partial charge in [0.25, 0.3) is 0 Å². The first-order chi connectivity index (χ1) is 14.8. The van der Waals surface area contributed by atoms with Crippen molar-refractivity contribution in [3.8, 4) is 5.75 Å². The van der Waals surface area contributed by atoms with Crippen molar-refractivity contribution in [1.29, 1.82) is 0 Å². The van der Waals surface area contributed by atoms with Gasteiger partial charge in [-0.15, -0.1) is 11.8 Å². The summed E-state index contributed by atoms with van der Waals surface area (Å²) in [6.45, 7) is 6.11. The molecule has 0 aliphatic carbocycles. The minimum absolute atomic E-state index is 0.0603. The maximum absolute atomic E-state index is 13.1. The van der Waals surface area contributed by atoms with E-state index in [4.69, 9.17) is 16.3 Å². The second-order valence-corrected chi connectivity index (χ2v) is 8.91. The van der Waals surface area contributed by atoms with Gasteiger partial charge in [0.1, 0.15) is 11.8 Å². The van der Waals surface area contributed by atoms with E-state index in [1.54, 1.807) is 18.9 Å². The van der Waals surface area contributed by atoms with Gasteiger partial charge in [-0.2, -0.15) is 0 Å². The van der Waals surface area contributed by atoms with Gasteiger partial charge in [0.05, 0.1) is 12.9 Å². The van der Waals surface area contributed by atoms with E-state index < -0.39 is 6.04 Å². The molecule has 2 rings (SSSR count). The quantitative estimate of drug-likeness (QED) is 0.515. The number of carbonyl (C=O) groups excluding carboxylic acids is 2. The SMILES string of the molecule is CC[C@H](C)NC(=O)[C@@H](C)N(Cc1ccc(OC)cc1)C(=O)CSCc1cccc(Cl)c1. The van der Waals surface area contributed by atoms with Crippen LogP contribution in [0.15, 0.2) is 48.5 Å². The van der Waals surface area contributed by atoms with Crippen LogP contribution in [-0.4, -0.2) is 41.7 Å². The highest BCUT2D eigenvalue weighted by atomic mass is 35.5. The number of hydrogen-bond donors (Lipinski definition) is 1. The molecule has 0 saturated heterocycles. The molecule has 1 N–H and O–H groups in total. The number of benzene rings is 2. The predicted octanol–water partition coefficient (Wildman–Crippen LogP) is 4.91. The monoisotopic (exact) mass is 462 g/mol. The maximum Gasteiger partial charge on any atom is 0.242 e. The molecule has 0 saturated carbocycles. The summed E-state index contributed by atoms with van der Waals surface area (Å²) >= 11 is 7.55. The van der Waals surface area contributed by atoms with E-state index in [0.29, 0.717) is 17.3 Å². The fourth-order valence-electron chi connectivity index (χ4n) is 2.94. The molecular formula is C24H31ClN2O3S. The highest BCUT2D eigenvalue weighted by Gasteiger charge is 2.26. The predicted molar refractivity (Wildman–Crippen MR) is 129 cm³/mol. The number of nitrogens with zero attached hydrogens (tertiary/aromatic N) is 1. The number of nitrogens with one attached hydrogen (secondary N) is 1. The second kappa shape index (κ2) is 12.6. The van der Waals surface area contributed by atoms with Gasteiger partial charge < -0.3 is 15.0 Å². The first-order valence-electron chi connectivity index (χ1n) is 10.4. The van der Waals surface area contributed by atoms with Crippen molar-refractivity contribution in [2.45, 2.75) is 51.6 Å². The van der Waals surface area contributed by atoms with Crippen LogP contribution >= 0.6 is 23.4 Å². The van der Waals surface area contributed by atoms with Crippen LogP contribution in [0.3, 0.4) is 0 Å². The Balaban J connectivity index is 2.08. The molecule has 168 valence electrons. The topological polar surface area (TPSA) is 58.6 Å². The summed E-state index contributed by atoms with van der Waals surface area (Å²) in [7, 11) is 1.61. The Labute approximate surface area is 194 Å². The van der Waals surface area contributed by atoms with E-state index in [2.05, 4.69) is 5.32 Å². The summed E-state index contributed by atoms with van der Waals surface area (Å²) in [5, 5.41) is 3.66. The molecule has 0 aliphatic rings. The molecule has 5 nitrogen and oxygen atoms in total. The van der Waals surface area contributed by atoms with Crippen molar-refractivity contribution in [2.24, 2.45) is 0 Å². The molecule has 2 atom stereocenters. The number of methoxy groups -OCH3 is 1. The average molecular weight is 463 g/mol. The van der Waals surface area contributed by atoms with Gasteiger partial charge in [0.2, 0.25) is 11.8 Å². The lowest BCUT2D eigenvalue weighted by Crippen LogP contribution is -2.50. The minimum atomic E-state index is -0.574. The van der Waals surface area contributed by atoms with Crippen LogP contribution in [0.4, 0.5) is 0 Å². The Bertz CT molecular complexity index is 860. The molecule has 2 amide bonds. The zero-order valence-electron chi connectivity index (χ0n) is 18.6. The molecule has 7 heteroatoms. The Hall–Kier alpha value is -2.18. The molecule has 2 aromatic carbocycles. The largest absolute Gasteiger partial charge is 0.497 e. The number of ether oxygens (including phenoxy) is 1. The third kappa shape index (κ3) is 8.11. The summed E-state index contributed by atoms with van der Waals surface area (Å²) in [5.74, 6) is 1.49. The molecule has 31 heavy (non-hydrogen) atoms. The standard InChI is InChI=1S/C24H31ClN2O3S/c1-5-17(2)26-24(29)18(3)27(14-19-9-11-22(30-4)12-10-19)23(28)16-31-15-20-7-6-8-21(25)13-20/h6-13,17-18H,5,14-16H2,1-4H3,(H,26,29)/t17-,18+/m0/s1. The number of halogens is 1. The van der Waals surface area contributed by atoms with E-state index in [9.17, 15) is 9.59 Å². The van der Waals surface area contributed by atoms with Crippen LogP contribution in [0.1, 0.15) is 38.3 Å². The van der Waals surface area contributed by atoms with E-state index in [1.165, 1.54) is 11.8 Å². The summed E-state index contributed by atoms with van der Waals surface area (Å²) < 4.78 is 5.21. The number of amides is 2. The van der Waals surface area contributed by atoms with Gasteiger partial charge >= 0.3 is 0 Å². The van der Waals surface area contributed by atoms with Crippen molar-refractivity contribution in [2.75, 3.05) is 12.9 Å². The van der Waals surface area contributed by atoms with Crippen LogP contribution in [0.25, 0.3) is 0 Å². The third-order valence-electron chi connectivity index (χ3n) is 5.06. The van der Waals surface area contributed by atoms with Gasteiger partial charge in [-0.05, 0) is 55.7 Å². The Kier molecular flexibility index (Phi) is 10.2. The van der Waals surface area contributed by atoms with Gasteiger partial charge in [-0.1, -0.05) is 42.8 Å². The van der Waals surface area contributed by atoms with Crippen molar-refractivity contribution < 1.29 is 14.3 Å². The van der Waals surface area contributed by atoms with Crippen LogP contribution < -0.4 is 10.1 Å². The lowest BCUT2D eigenvalue weighted by Gasteiger charge is -2.29. The van der Waals surface area contributed by atoms with Crippen molar-refractivity contribution in [3.63, 3.8) is 0 Å². The first-order valence-corrected chi connectivity index (χ1v) is 11.9. The van der Waals surface area contributed by atoms with E-state index >= 15 is 0 Å². The van der Waals surface area contributed by atoms with E-state index in [0.717, 1.165) is 23.3 Å². The van der Waals surface area contributed by atoms with Gasteiger partial charge in [0.15, 0.2) is 0 Å². The van der Waals surface area contributed by atoms with Crippen molar-refractivity contribution in [3.05, 3.63) is 64.7 Å². The third-order valence-corrected chi connectivity index (χ3v) is 6.29. The second-order valence-electron chi connectivity index (χ2n) is 7.49. The normalized spacial score (nSPS) is 12.7. The fraction of sp³-hybridized carbons (Fsp3) is 0.417. The summed E-state index contributed by atoms with van der Waals surface area (Å²) in [4.78, 5) is 27.5. The first kappa shape index (κ1) is 25.1. The molecule has 0 aromatic heterocycles. The zero-order chi connectivity index (χ0) is 22.8. The van der Waals surface area contributed by atoms with Crippen LogP contribution in [-0.2, 0) is 21.9 Å². The lowest BCUT2D eigenvalue weighted by atomic mass is 10.1. The molecule has 0 unspecified atom stereocenters. The minimum Gasteiger partial charge on any atom is -0.497 e. The van der Waals surface area contributed by atoms with Gasteiger partial charge in [-0.3, -0.25) is 9.59 Å². The molecule has 0 fully saturated rings. The molecule has 0 spiro atoms. The van der Waals surface area contributed by atoms with E-state index in [1.807, 2.05) is 62.4 Å². The number of hydrogen-bond acceptors (Lipinski definition) is 4. The lowest BCUT2D eigenvalue weighted by molar-refractivity contribution is -0.138. The summed E-state index contributed by atoms with van der Waals surface area (Å²) in [6, 6.07) is 14.6. The Morgan fingerprint density at radius 2 is 1.84 bits per heavy atom. The molecule has 2 aromatic rings. The van der Waals surface area contributed by atoms with Crippen molar-refractivity contribution in [1.82, 2.24) is 10.2 Å². The molecule has 0 radical (unpaired) electrons.